The number of carbonyl (C=O) groups excluding carboxylic acids is 1. The van der Waals surface area contributed by atoms with Gasteiger partial charge in [0.1, 0.15) is 11.6 Å². The van der Waals surface area contributed by atoms with E-state index in [0.29, 0.717) is 37.4 Å². The summed E-state index contributed by atoms with van der Waals surface area (Å²) in [7, 11) is 0. The molecule has 0 unspecified atom stereocenters. The lowest BCUT2D eigenvalue weighted by atomic mass is 9.84. The number of hydrogen-bond donors (Lipinski definition) is 1. The van der Waals surface area contributed by atoms with E-state index in [-0.39, 0.29) is 36.5 Å². The number of carbonyl (C=O) groups is 1. The minimum atomic E-state index is -4.36. The number of hydrogen-bond acceptors (Lipinski definition) is 3. The zero-order valence-electron chi connectivity index (χ0n) is 16.6. The van der Waals surface area contributed by atoms with Crippen LogP contribution in [0.3, 0.4) is 0 Å². The molecule has 1 N–H and O–H groups in total. The van der Waals surface area contributed by atoms with Crippen molar-refractivity contribution >= 4 is 11.7 Å². The Morgan fingerprint density at radius 1 is 1.20 bits per heavy atom. The fourth-order valence-electron chi connectivity index (χ4n) is 4.47. The first-order valence-corrected chi connectivity index (χ1v) is 10.1. The number of aryl methyl sites for hydroxylation is 1. The summed E-state index contributed by atoms with van der Waals surface area (Å²) in [4.78, 5) is 14.3. The van der Waals surface area contributed by atoms with Crippen LogP contribution in [0.4, 0.5) is 23.4 Å². The predicted octanol–water partition coefficient (Wildman–Crippen LogP) is 4.10. The summed E-state index contributed by atoms with van der Waals surface area (Å²) < 4.78 is 54.9. The molecule has 0 radical (unpaired) electrons. The van der Waals surface area contributed by atoms with Crippen LogP contribution in [-0.4, -0.2) is 45.9 Å². The summed E-state index contributed by atoms with van der Waals surface area (Å²) in [5.41, 5.74) is 1.29. The number of nitrogens with one attached hydrogen (secondary N) is 1. The largest absolute Gasteiger partial charge is 0.410 e. The molecule has 2 aromatic rings. The normalized spacial score (nSPS) is 22.5. The van der Waals surface area contributed by atoms with E-state index < -0.39 is 12.2 Å². The lowest BCUT2D eigenvalue weighted by molar-refractivity contribution is -0.174. The van der Waals surface area contributed by atoms with Crippen LogP contribution >= 0.6 is 0 Å². The molecule has 0 saturated carbocycles. The second-order valence-corrected chi connectivity index (χ2v) is 8.18. The Morgan fingerprint density at radius 2 is 1.87 bits per heavy atom. The lowest BCUT2D eigenvalue weighted by Crippen LogP contribution is -2.47. The fraction of sp³-hybridized carbons (Fsp3) is 0.524. The molecule has 0 bridgehead atoms. The van der Waals surface area contributed by atoms with Gasteiger partial charge in [-0.25, -0.2) is 9.07 Å². The molecule has 5 nitrogen and oxygen atoms in total. The van der Waals surface area contributed by atoms with Gasteiger partial charge in [-0.05, 0) is 49.8 Å². The zero-order chi connectivity index (χ0) is 21.5. The van der Waals surface area contributed by atoms with Gasteiger partial charge in [-0.2, -0.15) is 18.3 Å². The number of benzene rings is 1. The number of anilines is 1. The maximum atomic E-state index is 13.6. The number of alkyl halides is 3. The number of piperidine rings is 1. The van der Waals surface area contributed by atoms with Crippen molar-refractivity contribution in [2.24, 2.45) is 5.92 Å². The van der Waals surface area contributed by atoms with E-state index in [1.807, 2.05) is 0 Å². The van der Waals surface area contributed by atoms with Gasteiger partial charge in [0.25, 0.3) is 0 Å². The van der Waals surface area contributed by atoms with Crippen molar-refractivity contribution in [3.8, 4) is 0 Å². The van der Waals surface area contributed by atoms with Crippen LogP contribution in [0.1, 0.15) is 36.6 Å². The molecule has 1 saturated heterocycles. The number of amides is 1. The Labute approximate surface area is 172 Å². The molecule has 2 aliphatic rings. The highest BCUT2D eigenvalue weighted by Gasteiger charge is 2.47. The molecule has 4 rings (SSSR count). The van der Waals surface area contributed by atoms with Crippen LogP contribution in [0.5, 0.6) is 0 Å². The molecule has 1 fully saturated rings. The molecule has 9 heteroatoms. The molecule has 1 aromatic carbocycles. The predicted molar refractivity (Wildman–Crippen MR) is 103 cm³/mol. The summed E-state index contributed by atoms with van der Waals surface area (Å²) in [5, 5.41) is 7.26. The molecule has 1 amide bonds. The maximum Gasteiger partial charge on any atom is 0.410 e. The average Bonchev–Trinajstić information content (AvgIpc) is 3.08. The standard InChI is InChI=1S/C21H24F4N4O/c1-13-10-19-26-17(12-18(21(23,24)25)29(19)27-13)15-6-8-28(9-7-15)20(30)11-14-2-4-16(22)5-3-14/h2-5,10,15,17-18,26H,6-9,11-12H2,1H3/t17-,18+/m0/s1. The van der Waals surface area contributed by atoms with Gasteiger partial charge in [-0.3, -0.25) is 4.79 Å². The van der Waals surface area contributed by atoms with Gasteiger partial charge in [-0.15, -0.1) is 0 Å². The average molecular weight is 424 g/mol. The number of fused-ring (bicyclic) bond motifs is 1. The molecule has 3 heterocycles. The fourth-order valence-corrected chi connectivity index (χ4v) is 4.47. The van der Waals surface area contributed by atoms with Crippen LogP contribution in [0, 0.1) is 18.7 Å². The van der Waals surface area contributed by atoms with Crippen molar-refractivity contribution < 1.29 is 22.4 Å². The highest BCUT2D eigenvalue weighted by atomic mass is 19.4. The summed E-state index contributed by atoms with van der Waals surface area (Å²) in [6, 6.07) is 5.54. The van der Waals surface area contributed by atoms with Gasteiger partial charge in [0.15, 0.2) is 6.04 Å². The summed E-state index contributed by atoms with van der Waals surface area (Å²) in [6.45, 7) is 2.70. The van der Waals surface area contributed by atoms with Gasteiger partial charge in [0.2, 0.25) is 5.91 Å². The first-order chi connectivity index (χ1) is 14.2. The van der Waals surface area contributed by atoms with E-state index in [1.54, 1.807) is 30.0 Å². The quantitative estimate of drug-likeness (QED) is 0.755. The molecule has 2 aliphatic heterocycles. The monoisotopic (exact) mass is 424 g/mol. The third-order valence-corrected chi connectivity index (χ3v) is 6.07. The summed E-state index contributed by atoms with van der Waals surface area (Å²) in [6.07, 6.45) is -2.94. The van der Waals surface area contributed by atoms with Crippen LogP contribution in [0.15, 0.2) is 30.3 Å². The van der Waals surface area contributed by atoms with Gasteiger partial charge >= 0.3 is 6.18 Å². The first kappa shape index (κ1) is 20.7. The first-order valence-electron chi connectivity index (χ1n) is 10.1. The van der Waals surface area contributed by atoms with Crippen molar-refractivity contribution in [2.75, 3.05) is 18.4 Å². The number of aromatic nitrogens is 2. The van der Waals surface area contributed by atoms with Crippen molar-refractivity contribution in [1.82, 2.24) is 14.7 Å². The minimum Gasteiger partial charge on any atom is -0.367 e. The Morgan fingerprint density at radius 3 is 2.50 bits per heavy atom. The van der Waals surface area contributed by atoms with E-state index in [9.17, 15) is 22.4 Å². The number of rotatable bonds is 3. The Bertz CT molecular complexity index is 901. The van der Waals surface area contributed by atoms with Crippen LogP contribution in [0.25, 0.3) is 0 Å². The summed E-state index contributed by atoms with van der Waals surface area (Å²) >= 11 is 0. The van der Waals surface area contributed by atoms with Gasteiger partial charge < -0.3 is 10.2 Å². The second kappa shape index (κ2) is 7.92. The van der Waals surface area contributed by atoms with Gasteiger partial charge in [0, 0.05) is 25.2 Å². The number of halogens is 4. The molecule has 162 valence electrons. The maximum absolute atomic E-state index is 13.6. The molecular weight excluding hydrogens is 400 g/mol. The van der Waals surface area contributed by atoms with Gasteiger partial charge in [0.05, 0.1) is 12.1 Å². The van der Waals surface area contributed by atoms with Crippen molar-refractivity contribution in [2.45, 2.75) is 50.9 Å². The lowest BCUT2D eigenvalue weighted by Gasteiger charge is -2.41. The highest BCUT2D eigenvalue weighted by molar-refractivity contribution is 5.78. The highest BCUT2D eigenvalue weighted by Crippen LogP contribution is 2.42. The second-order valence-electron chi connectivity index (χ2n) is 8.18. The van der Waals surface area contributed by atoms with Crippen LogP contribution in [0.2, 0.25) is 0 Å². The van der Waals surface area contributed by atoms with Crippen molar-refractivity contribution in [3.05, 3.63) is 47.4 Å². The number of likely N-dealkylation sites (tertiary alicyclic amines) is 1. The SMILES string of the molecule is Cc1cc2n(n1)[C@@H](C(F)(F)F)C[C@@H](C1CCN(C(=O)Cc3ccc(F)cc3)CC1)N2. The van der Waals surface area contributed by atoms with E-state index in [0.717, 1.165) is 10.2 Å². The molecule has 30 heavy (non-hydrogen) atoms. The Balaban J connectivity index is 1.38. The van der Waals surface area contributed by atoms with Gasteiger partial charge in [-0.1, -0.05) is 12.1 Å². The van der Waals surface area contributed by atoms with Crippen molar-refractivity contribution in [1.29, 1.82) is 0 Å². The van der Waals surface area contributed by atoms with E-state index in [4.69, 9.17) is 0 Å². The topological polar surface area (TPSA) is 50.2 Å². The molecule has 0 aliphatic carbocycles. The molecular formula is C21H24F4N4O. The molecule has 2 atom stereocenters. The van der Waals surface area contributed by atoms with E-state index in [2.05, 4.69) is 10.4 Å². The smallest absolute Gasteiger partial charge is 0.367 e. The molecule has 0 spiro atoms. The Kier molecular flexibility index (Phi) is 5.46. The third kappa shape index (κ3) is 4.29. The van der Waals surface area contributed by atoms with Crippen molar-refractivity contribution in [3.63, 3.8) is 0 Å². The van der Waals surface area contributed by atoms with Crippen LogP contribution < -0.4 is 5.32 Å². The molecule has 1 aromatic heterocycles. The van der Waals surface area contributed by atoms with E-state index >= 15 is 0 Å². The Hall–Kier alpha value is -2.58. The third-order valence-electron chi connectivity index (χ3n) is 6.07. The van der Waals surface area contributed by atoms with Crippen LogP contribution in [-0.2, 0) is 11.2 Å². The summed E-state index contributed by atoms with van der Waals surface area (Å²) in [5.74, 6) is 0.0637. The minimum absolute atomic E-state index is 0.0430. The van der Waals surface area contributed by atoms with E-state index in [1.165, 1.54) is 12.1 Å². The number of nitrogens with zero attached hydrogens (tertiary/aromatic N) is 3. The zero-order valence-corrected chi connectivity index (χ0v) is 16.6.